The fourth-order valence-electron chi connectivity index (χ4n) is 4.24. The van der Waals surface area contributed by atoms with E-state index in [9.17, 15) is 9.18 Å². The standard InChI is InChI=1S/C25H28F3N9O/c1-16-13-21(33-32-16)30-23-20-14-19(29-22(38)7-8-36-11-9-35(2)10-12-36)15-37(20)34-24(31-23)25(27,28)17-3-5-18(26)6-4-17/h3-6,13-15H,7-12H2,1-2H3,(H,29,38)(H2,30,31,32,33,34). The van der Waals surface area contributed by atoms with Crippen molar-refractivity contribution in [1.82, 2.24) is 34.6 Å². The molecule has 0 bridgehead atoms. The molecule has 3 N–H and O–H groups in total. The predicted molar refractivity (Wildman–Crippen MR) is 136 cm³/mol. The number of piperazine rings is 1. The van der Waals surface area contributed by atoms with Gasteiger partial charge in [0.1, 0.15) is 11.3 Å². The molecule has 10 nitrogen and oxygen atoms in total. The molecule has 0 saturated carbocycles. The molecule has 38 heavy (non-hydrogen) atoms. The quantitative estimate of drug-likeness (QED) is 0.323. The van der Waals surface area contributed by atoms with Crippen molar-refractivity contribution in [3.63, 3.8) is 0 Å². The molecule has 1 aromatic carbocycles. The summed E-state index contributed by atoms with van der Waals surface area (Å²) in [5.74, 6) is -4.79. The number of nitrogens with zero attached hydrogens (tertiary/aromatic N) is 6. The number of carbonyl (C=O) groups is 1. The largest absolute Gasteiger partial charge is 0.333 e. The minimum absolute atomic E-state index is 0.0706. The molecule has 4 heterocycles. The molecule has 0 aliphatic carbocycles. The zero-order valence-electron chi connectivity index (χ0n) is 21.0. The fraction of sp³-hybridized carbons (Fsp3) is 0.360. The summed E-state index contributed by atoms with van der Waals surface area (Å²) < 4.78 is 45.4. The number of rotatable bonds is 8. The lowest BCUT2D eigenvalue weighted by Gasteiger charge is -2.32. The van der Waals surface area contributed by atoms with E-state index in [1.54, 1.807) is 19.1 Å². The highest BCUT2D eigenvalue weighted by Gasteiger charge is 2.39. The Balaban J connectivity index is 1.41. The molecule has 0 unspecified atom stereocenters. The maximum Gasteiger partial charge on any atom is 0.333 e. The van der Waals surface area contributed by atoms with Gasteiger partial charge in [0.25, 0.3) is 0 Å². The van der Waals surface area contributed by atoms with Crippen LogP contribution in [-0.2, 0) is 10.7 Å². The first-order valence-corrected chi connectivity index (χ1v) is 12.2. The zero-order chi connectivity index (χ0) is 26.9. The summed E-state index contributed by atoms with van der Waals surface area (Å²) >= 11 is 0. The third-order valence-corrected chi connectivity index (χ3v) is 6.44. The lowest BCUT2D eigenvalue weighted by atomic mass is 10.1. The molecule has 1 fully saturated rings. The first-order valence-electron chi connectivity index (χ1n) is 12.2. The van der Waals surface area contributed by atoms with Crippen LogP contribution in [0.25, 0.3) is 5.52 Å². The van der Waals surface area contributed by atoms with Crippen LogP contribution in [0.2, 0.25) is 0 Å². The van der Waals surface area contributed by atoms with E-state index >= 15 is 8.78 Å². The van der Waals surface area contributed by atoms with Crippen LogP contribution in [0.3, 0.4) is 0 Å². The van der Waals surface area contributed by atoms with Crippen molar-refractivity contribution in [3.05, 3.63) is 65.5 Å². The van der Waals surface area contributed by atoms with Gasteiger partial charge in [0.05, 0.1) is 11.9 Å². The molecule has 0 radical (unpaired) electrons. The number of carbonyl (C=O) groups excluding carboxylic acids is 1. The normalized spacial score (nSPS) is 15.2. The number of alkyl halides is 2. The van der Waals surface area contributed by atoms with Crippen molar-refractivity contribution in [2.24, 2.45) is 0 Å². The van der Waals surface area contributed by atoms with Gasteiger partial charge in [0.15, 0.2) is 11.6 Å². The Morgan fingerprint density at radius 1 is 1.13 bits per heavy atom. The second-order valence-electron chi connectivity index (χ2n) is 9.43. The second kappa shape index (κ2) is 10.4. The molecule has 5 rings (SSSR count). The molecule has 4 aromatic rings. The number of likely N-dealkylation sites (N-methyl/N-ethyl adjacent to an activating group) is 1. The number of fused-ring (bicyclic) bond motifs is 1. The van der Waals surface area contributed by atoms with Gasteiger partial charge in [-0.2, -0.15) is 13.9 Å². The predicted octanol–water partition coefficient (Wildman–Crippen LogP) is 3.36. The number of hydrogen-bond donors (Lipinski definition) is 3. The number of halogens is 3. The molecule has 1 amide bonds. The first-order chi connectivity index (χ1) is 18.2. The number of aryl methyl sites for hydroxylation is 1. The molecule has 13 heteroatoms. The van der Waals surface area contributed by atoms with Crippen LogP contribution in [0.5, 0.6) is 0 Å². The summed E-state index contributed by atoms with van der Waals surface area (Å²) in [6.45, 7) is 6.16. The van der Waals surface area contributed by atoms with Crippen LogP contribution < -0.4 is 10.6 Å². The molecule has 0 atom stereocenters. The lowest BCUT2D eigenvalue weighted by molar-refractivity contribution is -0.116. The van der Waals surface area contributed by atoms with E-state index < -0.39 is 23.1 Å². The molecular formula is C25H28F3N9O. The van der Waals surface area contributed by atoms with Gasteiger partial charge in [0, 0.05) is 56.5 Å². The molecule has 200 valence electrons. The highest BCUT2D eigenvalue weighted by atomic mass is 19.3. The van der Waals surface area contributed by atoms with Gasteiger partial charge in [0.2, 0.25) is 11.7 Å². The Morgan fingerprint density at radius 3 is 2.55 bits per heavy atom. The zero-order valence-corrected chi connectivity index (χ0v) is 21.0. The third-order valence-electron chi connectivity index (χ3n) is 6.44. The van der Waals surface area contributed by atoms with Crippen LogP contribution in [0.4, 0.5) is 30.5 Å². The van der Waals surface area contributed by atoms with E-state index in [1.165, 1.54) is 10.7 Å². The van der Waals surface area contributed by atoms with Crippen LogP contribution in [0.1, 0.15) is 23.5 Å². The number of amides is 1. The number of nitrogens with one attached hydrogen (secondary N) is 3. The Labute approximate surface area is 216 Å². The third kappa shape index (κ3) is 5.63. The Bertz CT molecular complexity index is 1430. The topological polar surface area (TPSA) is 106 Å². The Hall–Kier alpha value is -3.97. The highest BCUT2D eigenvalue weighted by molar-refractivity contribution is 5.92. The average Bonchev–Trinajstić information content (AvgIpc) is 3.49. The van der Waals surface area contributed by atoms with E-state index in [0.717, 1.165) is 56.1 Å². The number of aromatic nitrogens is 5. The van der Waals surface area contributed by atoms with Gasteiger partial charge in [-0.25, -0.2) is 13.9 Å². The monoisotopic (exact) mass is 527 g/mol. The van der Waals surface area contributed by atoms with Gasteiger partial charge >= 0.3 is 5.92 Å². The summed E-state index contributed by atoms with van der Waals surface area (Å²) in [6, 6.07) is 7.21. The minimum atomic E-state index is -3.62. The number of H-pyrrole nitrogens is 1. The van der Waals surface area contributed by atoms with Crippen LogP contribution in [-0.4, -0.2) is 80.3 Å². The van der Waals surface area contributed by atoms with E-state index in [4.69, 9.17) is 0 Å². The van der Waals surface area contributed by atoms with E-state index in [1.807, 2.05) is 0 Å². The Kier molecular flexibility index (Phi) is 7.04. The van der Waals surface area contributed by atoms with E-state index in [0.29, 0.717) is 30.0 Å². The molecule has 3 aromatic heterocycles. The van der Waals surface area contributed by atoms with Gasteiger partial charge in [-0.05, 0) is 44.3 Å². The summed E-state index contributed by atoms with van der Waals surface area (Å²) in [5.41, 5.74) is 1.06. The van der Waals surface area contributed by atoms with Crippen molar-refractivity contribution >= 4 is 28.7 Å². The van der Waals surface area contributed by atoms with Gasteiger partial charge < -0.3 is 20.4 Å². The number of anilines is 3. The Morgan fingerprint density at radius 2 is 1.87 bits per heavy atom. The summed E-state index contributed by atoms with van der Waals surface area (Å²) in [6.07, 6.45) is 1.75. The smallest absolute Gasteiger partial charge is 0.325 e. The van der Waals surface area contributed by atoms with Gasteiger partial charge in [-0.3, -0.25) is 9.89 Å². The second-order valence-corrected chi connectivity index (χ2v) is 9.43. The number of aromatic amines is 1. The first kappa shape index (κ1) is 25.7. The number of hydrogen-bond acceptors (Lipinski definition) is 7. The lowest BCUT2D eigenvalue weighted by Crippen LogP contribution is -2.45. The van der Waals surface area contributed by atoms with Crippen molar-refractivity contribution in [2.45, 2.75) is 19.3 Å². The minimum Gasteiger partial charge on any atom is -0.325 e. The van der Waals surface area contributed by atoms with Crippen LogP contribution in [0, 0.1) is 12.7 Å². The summed E-state index contributed by atoms with van der Waals surface area (Å²) in [7, 11) is 2.07. The van der Waals surface area contributed by atoms with Crippen molar-refractivity contribution in [1.29, 1.82) is 0 Å². The molecule has 1 aliphatic rings. The van der Waals surface area contributed by atoms with Crippen molar-refractivity contribution < 1.29 is 18.0 Å². The molecular weight excluding hydrogens is 499 g/mol. The van der Waals surface area contributed by atoms with E-state index in [2.05, 4.69) is 47.8 Å². The maximum atomic E-state index is 15.4. The van der Waals surface area contributed by atoms with Crippen molar-refractivity contribution in [3.8, 4) is 0 Å². The van der Waals surface area contributed by atoms with Crippen molar-refractivity contribution in [2.75, 3.05) is 50.4 Å². The molecule has 1 saturated heterocycles. The molecule has 0 spiro atoms. The maximum absolute atomic E-state index is 15.4. The summed E-state index contributed by atoms with van der Waals surface area (Å²) in [5, 5.41) is 16.7. The SMILES string of the molecule is Cc1cc(Nc2nc(C(F)(F)c3ccc(F)cc3)nn3cc(NC(=O)CCN4CCN(C)CC4)cc23)n[nH]1. The van der Waals surface area contributed by atoms with E-state index in [-0.39, 0.29) is 11.7 Å². The van der Waals surface area contributed by atoms with Gasteiger partial charge in [-0.1, -0.05) is 0 Å². The van der Waals surface area contributed by atoms with Gasteiger partial charge in [-0.15, -0.1) is 5.10 Å². The average molecular weight is 528 g/mol. The molecule has 1 aliphatic heterocycles. The number of benzene rings is 1. The highest BCUT2D eigenvalue weighted by Crippen LogP contribution is 2.35. The van der Waals surface area contributed by atoms with Crippen LogP contribution in [0.15, 0.2) is 42.6 Å². The summed E-state index contributed by atoms with van der Waals surface area (Å²) in [4.78, 5) is 21.2. The fourth-order valence-corrected chi connectivity index (χ4v) is 4.24. The van der Waals surface area contributed by atoms with Crippen LogP contribution >= 0.6 is 0 Å².